The van der Waals surface area contributed by atoms with E-state index < -0.39 is 0 Å². The zero-order chi connectivity index (χ0) is 37.8. The molecule has 2 amide bonds. The lowest BCUT2D eigenvalue weighted by Gasteiger charge is -2.48. The average molecular weight is 744 g/mol. The lowest BCUT2D eigenvalue weighted by Crippen LogP contribution is -2.59. The number of nitrogens with zero attached hydrogens (tertiary/aromatic N) is 7. The van der Waals surface area contributed by atoms with Gasteiger partial charge in [-0.3, -0.25) is 34.0 Å². The van der Waals surface area contributed by atoms with Gasteiger partial charge in [-0.1, -0.05) is 25.0 Å². The molecular weight excluding hydrogens is 695 g/mol. The molecule has 5 fully saturated rings. The monoisotopic (exact) mass is 743 g/mol. The number of aromatic nitrogens is 4. The summed E-state index contributed by atoms with van der Waals surface area (Å²) in [6, 6.07) is 13.1. The molecule has 13 nitrogen and oxygen atoms in total. The number of hydrogen-bond donors (Lipinski definition) is 2. The third kappa shape index (κ3) is 6.66. The Balaban J connectivity index is 0.818. The van der Waals surface area contributed by atoms with E-state index in [0.29, 0.717) is 41.9 Å². The fourth-order valence-corrected chi connectivity index (χ4v) is 9.75. The van der Waals surface area contributed by atoms with Gasteiger partial charge in [-0.15, -0.1) is 0 Å². The summed E-state index contributed by atoms with van der Waals surface area (Å²) >= 11 is 0. The van der Waals surface area contributed by atoms with E-state index in [2.05, 4.69) is 60.6 Å². The molecule has 1 unspecified atom stereocenters. The van der Waals surface area contributed by atoms with Crippen molar-refractivity contribution in [2.75, 3.05) is 47.8 Å². The third-order valence-electron chi connectivity index (χ3n) is 12.9. The minimum atomic E-state index is -0.259. The molecule has 5 aliphatic rings. The maximum Gasteiger partial charge on any atom is 0.263 e. The number of ketones is 1. The van der Waals surface area contributed by atoms with Gasteiger partial charge in [-0.25, -0.2) is 9.97 Å². The Bertz CT molecular complexity index is 2200. The summed E-state index contributed by atoms with van der Waals surface area (Å²) in [6.07, 6.45) is 13.1. The topological polar surface area (TPSA) is 146 Å². The molecule has 1 spiro atoms. The van der Waals surface area contributed by atoms with Gasteiger partial charge >= 0.3 is 0 Å². The molecule has 55 heavy (non-hydrogen) atoms. The van der Waals surface area contributed by atoms with E-state index in [1.54, 1.807) is 17.7 Å². The smallest absolute Gasteiger partial charge is 0.263 e. The van der Waals surface area contributed by atoms with Crippen LogP contribution in [0.25, 0.3) is 11.0 Å². The van der Waals surface area contributed by atoms with Crippen LogP contribution >= 0.6 is 0 Å². The summed E-state index contributed by atoms with van der Waals surface area (Å²) in [5.41, 5.74) is 4.65. The number of nitrogens with one attached hydrogen (secondary N) is 2. The standard InChI is InChI=1S/C42H49N9O4/c1-26-34-24-44-41(47-38(34)51(31-5-3-4-6-31)40(55)37(26)27(2)52)45-35-13-11-32(23-43-35)48-19-15-29(16-20-48)49-21-22-50(42(25-49)17-18-42)30-9-7-28(8-10-30)33-12-14-36(53)46-39(33)54/h7-11,13,23-24,29,31,33H,3-6,12,14-22,25H2,1-2H3,(H,46,53,54)(H,43,44,45,47). The Hall–Kier alpha value is -5.17. The predicted molar refractivity (Wildman–Crippen MR) is 211 cm³/mol. The molecule has 6 heterocycles. The normalized spacial score (nSPS) is 22.0. The zero-order valence-corrected chi connectivity index (χ0v) is 31.7. The highest BCUT2D eigenvalue weighted by Crippen LogP contribution is 2.47. The Morgan fingerprint density at radius 2 is 1.60 bits per heavy atom. The van der Waals surface area contributed by atoms with Crippen molar-refractivity contribution in [1.82, 2.24) is 29.7 Å². The highest BCUT2D eigenvalue weighted by molar-refractivity contribution is 6.01. The molecule has 4 aromatic rings. The van der Waals surface area contributed by atoms with Crippen LogP contribution in [0, 0.1) is 6.92 Å². The van der Waals surface area contributed by atoms with Crippen LogP contribution in [0.2, 0.25) is 0 Å². The Kier molecular flexibility index (Phi) is 9.14. The third-order valence-corrected chi connectivity index (χ3v) is 12.9. The number of piperazine rings is 1. The van der Waals surface area contributed by atoms with Crippen LogP contribution in [0.4, 0.5) is 23.1 Å². The Labute approximate surface area is 320 Å². The fraction of sp³-hybridized carbons (Fsp3) is 0.500. The van der Waals surface area contributed by atoms with Gasteiger partial charge in [0.1, 0.15) is 11.5 Å². The van der Waals surface area contributed by atoms with Crippen molar-refractivity contribution in [3.05, 3.63) is 75.8 Å². The van der Waals surface area contributed by atoms with Crippen LogP contribution in [0.5, 0.6) is 0 Å². The number of benzene rings is 1. The maximum absolute atomic E-state index is 13.6. The fourth-order valence-electron chi connectivity index (χ4n) is 9.75. The molecule has 2 aliphatic carbocycles. The van der Waals surface area contributed by atoms with E-state index in [4.69, 9.17) is 9.97 Å². The number of hydrogen-bond acceptors (Lipinski definition) is 11. The first-order chi connectivity index (χ1) is 26.7. The molecule has 2 N–H and O–H groups in total. The lowest BCUT2D eigenvalue weighted by atomic mass is 9.90. The van der Waals surface area contributed by atoms with Crippen LogP contribution in [-0.2, 0) is 9.59 Å². The van der Waals surface area contributed by atoms with Gasteiger partial charge in [-0.05, 0) is 94.2 Å². The van der Waals surface area contributed by atoms with E-state index in [-0.39, 0.29) is 46.2 Å². The number of piperidine rings is 2. The van der Waals surface area contributed by atoms with Gasteiger partial charge < -0.3 is 15.1 Å². The minimum absolute atomic E-state index is 0.0236. The van der Waals surface area contributed by atoms with Crippen molar-refractivity contribution >= 4 is 51.8 Å². The van der Waals surface area contributed by atoms with E-state index in [0.717, 1.165) is 87.9 Å². The summed E-state index contributed by atoms with van der Waals surface area (Å²) in [6.45, 7) is 8.32. The van der Waals surface area contributed by atoms with Crippen molar-refractivity contribution < 1.29 is 14.4 Å². The van der Waals surface area contributed by atoms with Crippen LogP contribution in [-0.4, -0.2) is 86.3 Å². The Morgan fingerprint density at radius 3 is 2.27 bits per heavy atom. The number of aryl methyl sites for hydroxylation is 1. The van der Waals surface area contributed by atoms with Crippen molar-refractivity contribution in [1.29, 1.82) is 0 Å². The van der Waals surface area contributed by atoms with Crippen molar-refractivity contribution in [2.45, 2.75) is 102 Å². The number of anilines is 4. The number of carbonyl (C=O) groups excluding carboxylic acids is 3. The summed E-state index contributed by atoms with van der Waals surface area (Å²) in [7, 11) is 0. The number of carbonyl (C=O) groups is 3. The molecular formula is C42H49N9O4. The largest absolute Gasteiger partial charge is 0.370 e. The SMILES string of the molecule is CC(=O)c1c(C)c2cnc(Nc3ccc(N4CCC(N5CCN(c6ccc(C7CCC(=O)NC7=O)cc6)C6(CC6)C5)CC4)cn3)nc2n(C2CCCC2)c1=O. The van der Waals surface area contributed by atoms with Gasteiger partial charge in [0.2, 0.25) is 17.8 Å². The van der Waals surface area contributed by atoms with Crippen LogP contribution in [0.1, 0.15) is 105 Å². The first kappa shape index (κ1) is 35.5. The summed E-state index contributed by atoms with van der Waals surface area (Å²) < 4.78 is 1.73. The molecule has 9 rings (SSSR count). The Morgan fingerprint density at radius 1 is 0.855 bits per heavy atom. The first-order valence-corrected chi connectivity index (χ1v) is 20.0. The predicted octanol–water partition coefficient (Wildman–Crippen LogP) is 5.40. The molecule has 1 aromatic carbocycles. The molecule has 0 radical (unpaired) electrons. The molecule has 3 aromatic heterocycles. The van der Waals surface area contributed by atoms with Gasteiger partial charge in [0.05, 0.1) is 28.9 Å². The van der Waals surface area contributed by atoms with Gasteiger partial charge in [-0.2, -0.15) is 4.98 Å². The van der Waals surface area contributed by atoms with E-state index in [1.165, 1.54) is 25.5 Å². The van der Waals surface area contributed by atoms with Crippen molar-refractivity contribution in [2.24, 2.45) is 0 Å². The lowest BCUT2D eigenvalue weighted by molar-refractivity contribution is -0.134. The summed E-state index contributed by atoms with van der Waals surface area (Å²) in [5, 5.41) is 6.46. The minimum Gasteiger partial charge on any atom is -0.370 e. The molecule has 3 aliphatic heterocycles. The maximum atomic E-state index is 13.6. The quantitative estimate of drug-likeness (QED) is 0.177. The van der Waals surface area contributed by atoms with Crippen LogP contribution in [0.3, 0.4) is 0 Å². The molecule has 13 heteroatoms. The highest BCUT2D eigenvalue weighted by atomic mass is 16.2. The van der Waals surface area contributed by atoms with Gasteiger partial charge in [0.25, 0.3) is 5.56 Å². The van der Waals surface area contributed by atoms with E-state index in [1.807, 2.05) is 12.3 Å². The number of pyridine rings is 2. The molecule has 3 saturated heterocycles. The number of fused-ring (bicyclic) bond motifs is 1. The van der Waals surface area contributed by atoms with Gasteiger partial charge in [0.15, 0.2) is 5.78 Å². The van der Waals surface area contributed by atoms with Crippen molar-refractivity contribution in [3.8, 4) is 0 Å². The molecule has 286 valence electrons. The zero-order valence-electron chi connectivity index (χ0n) is 31.7. The molecule has 0 bridgehead atoms. The number of rotatable bonds is 8. The molecule has 1 atom stereocenters. The second-order valence-electron chi connectivity index (χ2n) is 16.3. The summed E-state index contributed by atoms with van der Waals surface area (Å²) in [5.74, 6) is 0.150. The number of imide groups is 1. The van der Waals surface area contributed by atoms with E-state index >= 15 is 0 Å². The molecule has 2 saturated carbocycles. The highest BCUT2D eigenvalue weighted by Gasteiger charge is 2.52. The van der Waals surface area contributed by atoms with Crippen molar-refractivity contribution in [3.63, 3.8) is 0 Å². The van der Waals surface area contributed by atoms with Crippen LogP contribution in [0.15, 0.2) is 53.6 Å². The number of Topliss-reactive ketones (excluding diaryl/α,β-unsaturated/α-hetero) is 1. The van der Waals surface area contributed by atoms with Crippen LogP contribution < -0.4 is 26.0 Å². The number of amides is 2. The average Bonchev–Trinajstić information content (AvgIpc) is 3.72. The first-order valence-electron chi connectivity index (χ1n) is 20.0. The second-order valence-corrected chi connectivity index (χ2v) is 16.3. The van der Waals surface area contributed by atoms with Gasteiger partial charge in [0, 0.05) is 68.5 Å². The second kappa shape index (κ2) is 14.2. The van der Waals surface area contributed by atoms with E-state index in [9.17, 15) is 19.2 Å². The summed E-state index contributed by atoms with van der Waals surface area (Å²) in [4.78, 5) is 71.9.